The Labute approximate surface area is 129 Å². The van der Waals surface area contributed by atoms with Gasteiger partial charge in [-0.15, -0.1) is 0 Å². The largest absolute Gasteiger partial charge is 0.489 e. The maximum atomic E-state index is 11.8. The summed E-state index contributed by atoms with van der Waals surface area (Å²) in [5, 5.41) is 0.116. The molecule has 0 saturated carbocycles. The van der Waals surface area contributed by atoms with Crippen LogP contribution in [0.15, 0.2) is 17.0 Å². The molecule has 0 spiro atoms. The lowest BCUT2D eigenvalue weighted by atomic mass is 10.3. The molecule has 0 aliphatic rings. The summed E-state index contributed by atoms with van der Waals surface area (Å²) in [6, 6.07) is 2.91. The second kappa shape index (κ2) is 8.43. The topological polar surface area (TPSA) is 71.1 Å². The highest BCUT2D eigenvalue weighted by Crippen LogP contribution is 2.39. The Morgan fingerprint density at radius 1 is 1.00 bits per heavy atom. The third kappa shape index (κ3) is 5.35. The summed E-state index contributed by atoms with van der Waals surface area (Å²) in [6.07, 6.45) is 1.09. The molecule has 1 aromatic rings. The van der Waals surface area contributed by atoms with Gasteiger partial charge in [0.15, 0.2) is 15.6 Å². The minimum Gasteiger partial charge on any atom is -0.489 e. The highest BCUT2D eigenvalue weighted by molar-refractivity contribution is 7.90. The SMILES string of the molecule is COCCOc1ccc(S(C)(=O)=O)c(OCCOC)c1Cl. The van der Waals surface area contributed by atoms with E-state index in [0.29, 0.717) is 25.6 Å². The second-order valence-electron chi connectivity index (χ2n) is 4.16. The van der Waals surface area contributed by atoms with Gasteiger partial charge >= 0.3 is 0 Å². The average molecular weight is 339 g/mol. The third-order valence-electron chi connectivity index (χ3n) is 2.50. The quantitative estimate of drug-likeness (QED) is 0.639. The summed E-state index contributed by atoms with van der Waals surface area (Å²) in [5.41, 5.74) is 0. The van der Waals surface area contributed by atoms with E-state index in [1.807, 2.05) is 0 Å². The van der Waals surface area contributed by atoms with Crippen molar-refractivity contribution < 1.29 is 27.4 Å². The molecule has 1 aromatic carbocycles. The number of benzene rings is 1. The summed E-state index contributed by atoms with van der Waals surface area (Å²) in [7, 11) is -0.392. The number of hydrogen-bond acceptors (Lipinski definition) is 6. The standard InChI is InChI=1S/C13H19ClO6S/c1-17-6-8-19-10-4-5-11(21(3,15)16)13(12(10)14)20-9-7-18-2/h4-5H,6-9H2,1-3H3. The molecular weight excluding hydrogens is 320 g/mol. The Morgan fingerprint density at radius 3 is 2.10 bits per heavy atom. The molecule has 120 valence electrons. The predicted octanol–water partition coefficient (Wildman–Crippen LogP) is 1.79. The molecule has 0 aliphatic heterocycles. The van der Waals surface area contributed by atoms with Gasteiger partial charge in [0.25, 0.3) is 0 Å². The van der Waals surface area contributed by atoms with Gasteiger partial charge in [0.1, 0.15) is 28.9 Å². The Hall–Kier alpha value is -1.02. The molecule has 21 heavy (non-hydrogen) atoms. The van der Waals surface area contributed by atoms with E-state index in [1.165, 1.54) is 19.2 Å². The monoisotopic (exact) mass is 338 g/mol. The van der Waals surface area contributed by atoms with Crippen molar-refractivity contribution in [2.75, 3.05) is 46.9 Å². The van der Waals surface area contributed by atoms with Gasteiger partial charge in [0.2, 0.25) is 0 Å². The van der Waals surface area contributed by atoms with Crippen molar-refractivity contribution in [1.29, 1.82) is 0 Å². The zero-order valence-electron chi connectivity index (χ0n) is 12.2. The van der Waals surface area contributed by atoms with E-state index in [4.69, 9.17) is 30.5 Å². The second-order valence-corrected chi connectivity index (χ2v) is 6.52. The molecule has 1 rings (SSSR count). The Bertz CT molecular complexity index is 558. The fourth-order valence-corrected chi connectivity index (χ4v) is 2.66. The zero-order valence-corrected chi connectivity index (χ0v) is 13.8. The van der Waals surface area contributed by atoms with Crippen molar-refractivity contribution in [3.05, 3.63) is 17.2 Å². The first-order valence-electron chi connectivity index (χ1n) is 6.17. The van der Waals surface area contributed by atoms with Gasteiger partial charge in [-0.05, 0) is 12.1 Å². The van der Waals surface area contributed by atoms with Gasteiger partial charge in [0, 0.05) is 20.5 Å². The Morgan fingerprint density at radius 2 is 1.57 bits per heavy atom. The van der Waals surface area contributed by atoms with Crippen LogP contribution in [-0.4, -0.2) is 55.3 Å². The molecule has 0 N–H and O–H groups in total. The fraction of sp³-hybridized carbons (Fsp3) is 0.538. The zero-order chi connectivity index (χ0) is 15.9. The van der Waals surface area contributed by atoms with E-state index in [2.05, 4.69) is 0 Å². The molecule has 0 heterocycles. The van der Waals surface area contributed by atoms with Gasteiger partial charge in [0.05, 0.1) is 13.2 Å². The van der Waals surface area contributed by atoms with Crippen molar-refractivity contribution in [3.8, 4) is 11.5 Å². The fourth-order valence-electron chi connectivity index (χ4n) is 1.52. The number of rotatable bonds is 9. The molecule has 6 nitrogen and oxygen atoms in total. The van der Waals surface area contributed by atoms with Crippen molar-refractivity contribution in [1.82, 2.24) is 0 Å². The number of sulfone groups is 1. The molecule has 0 aromatic heterocycles. The maximum absolute atomic E-state index is 11.8. The first-order chi connectivity index (χ1) is 9.91. The van der Waals surface area contributed by atoms with E-state index in [9.17, 15) is 8.42 Å². The highest BCUT2D eigenvalue weighted by Gasteiger charge is 2.21. The highest BCUT2D eigenvalue weighted by atomic mass is 35.5. The smallest absolute Gasteiger partial charge is 0.179 e. The van der Waals surface area contributed by atoms with Crippen LogP contribution >= 0.6 is 11.6 Å². The van der Waals surface area contributed by atoms with Crippen LogP contribution in [0.5, 0.6) is 11.5 Å². The van der Waals surface area contributed by atoms with E-state index in [-0.39, 0.29) is 22.3 Å². The van der Waals surface area contributed by atoms with Gasteiger partial charge < -0.3 is 18.9 Å². The molecule has 0 radical (unpaired) electrons. The van der Waals surface area contributed by atoms with Crippen LogP contribution in [-0.2, 0) is 19.3 Å². The van der Waals surface area contributed by atoms with Gasteiger partial charge in [-0.3, -0.25) is 0 Å². The van der Waals surface area contributed by atoms with Crippen LogP contribution in [0.4, 0.5) is 0 Å². The number of hydrogen-bond donors (Lipinski definition) is 0. The molecule has 0 bridgehead atoms. The minimum atomic E-state index is -3.47. The lowest BCUT2D eigenvalue weighted by molar-refractivity contribution is 0.141. The summed E-state index contributed by atoms with van der Waals surface area (Å²) < 4.78 is 44.2. The van der Waals surface area contributed by atoms with Crippen LogP contribution in [0.1, 0.15) is 0 Å². The Balaban J connectivity index is 3.08. The van der Waals surface area contributed by atoms with E-state index in [1.54, 1.807) is 7.11 Å². The van der Waals surface area contributed by atoms with Crippen LogP contribution in [0, 0.1) is 0 Å². The summed E-state index contributed by atoms with van der Waals surface area (Å²) >= 11 is 6.18. The van der Waals surface area contributed by atoms with E-state index < -0.39 is 9.84 Å². The maximum Gasteiger partial charge on any atom is 0.179 e. The summed E-state index contributed by atoms with van der Waals surface area (Å²) in [6.45, 7) is 1.19. The van der Waals surface area contributed by atoms with Crippen molar-refractivity contribution in [3.63, 3.8) is 0 Å². The van der Waals surface area contributed by atoms with Crippen molar-refractivity contribution >= 4 is 21.4 Å². The normalized spacial score (nSPS) is 11.4. The lowest BCUT2D eigenvalue weighted by Crippen LogP contribution is -2.10. The number of methoxy groups -OCH3 is 2. The Kier molecular flexibility index (Phi) is 7.24. The first-order valence-corrected chi connectivity index (χ1v) is 8.44. The van der Waals surface area contributed by atoms with Gasteiger partial charge in [-0.25, -0.2) is 8.42 Å². The van der Waals surface area contributed by atoms with Crippen molar-refractivity contribution in [2.24, 2.45) is 0 Å². The summed E-state index contributed by atoms with van der Waals surface area (Å²) in [4.78, 5) is 0.0164. The van der Waals surface area contributed by atoms with E-state index >= 15 is 0 Å². The first kappa shape index (κ1) is 18.0. The molecule has 0 fully saturated rings. The van der Waals surface area contributed by atoms with E-state index in [0.717, 1.165) is 6.26 Å². The van der Waals surface area contributed by atoms with Crippen LogP contribution in [0.25, 0.3) is 0 Å². The lowest BCUT2D eigenvalue weighted by Gasteiger charge is -2.15. The van der Waals surface area contributed by atoms with Crippen LogP contribution in [0.3, 0.4) is 0 Å². The summed E-state index contributed by atoms with van der Waals surface area (Å²) in [5.74, 6) is 0.416. The molecule has 0 aliphatic carbocycles. The molecule has 0 unspecified atom stereocenters. The average Bonchev–Trinajstić information content (AvgIpc) is 2.41. The third-order valence-corrected chi connectivity index (χ3v) is 3.98. The van der Waals surface area contributed by atoms with Gasteiger partial charge in [-0.1, -0.05) is 11.6 Å². The van der Waals surface area contributed by atoms with Gasteiger partial charge in [-0.2, -0.15) is 0 Å². The predicted molar refractivity (Wildman–Crippen MR) is 79.3 cm³/mol. The molecule has 0 atom stereocenters. The minimum absolute atomic E-state index is 0.0164. The van der Waals surface area contributed by atoms with Crippen molar-refractivity contribution in [2.45, 2.75) is 4.90 Å². The number of ether oxygens (including phenoxy) is 4. The molecule has 8 heteroatoms. The van der Waals surface area contributed by atoms with Crippen LogP contribution < -0.4 is 9.47 Å². The van der Waals surface area contributed by atoms with Crippen LogP contribution in [0.2, 0.25) is 5.02 Å². The molecule has 0 amide bonds. The molecular formula is C13H19ClO6S. The molecule has 0 saturated heterocycles. The number of halogens is 1.